The number of ether oxygens (including phenoxy) is 1. The van der Waals surface area contributed by atoms with E-state index >= 15 is 0 Å². The first-order valence-electron chi connectivity index (χ1n) is 8.15. The van der Waals surface area contributed by atoms with Gasteiger partial charge in [-0.05, 0) is 41.1 Å². The molecule has 130 valence electrons. The number of nitrogens with one attached hydrogen (secondary N) is 2. The molecule has 0 bridgehead atoms. The average molecular weight is 367 g/mol. The lowest BCUT2D eigenvalue weighted by atomic mass is 10.0. The van der Waals surface area contributed by atoms with Gasteiger partial charge < -0.3 is 4.74 Å². The van der Waals surface area contributed by atoms with E-state index in [9.17, 15) is 9.59 Å². The third-order valence-electron chi connectivity index (χ3n) is 4.35. The minimum absolute atomic E-state index is 0.396. The summed E-state index contributed by atoms with van der Waals surface area (Å²) < 4.78 is 5.75. The summed E-state index contributed by atoms with van der Waals surface area (Å²) in [6.07, 6.45) is -0.222. The summed E-state index contributed by atoms with van der Waals surface area (Å²) in [5.41, 5.74) is 6.23. The minimum atomic E-state index is -0.679. The fraction of sp³-hybridized carbons (Fsp3) is 0.100. The van der Waals surface area contributed by atoms with Crippen LogP contribution in [0.2, 0.25) is 5.02 Å². The molecular formula is C20H15ClN2O3. The van der Waals surface area contributed by atoms with Crippen molar-refractivity contribution in [2.45, 2.75) is 12.5 Å². The third kappa shape index (κ3) is 3.09. The van der Waals surface area contributed by atoms with Gasteiger partial charge in [0, 0.05) is 22.6 Å². The number of fused-ring (bicyclic) bond motifs is 3. The lowest BCUT2D eigenvalue weighted by molar-refractivity contribution is -0.128. The van der Waals surface area contributed by atoms with Gasteiger partial charge >= 0.3 is 0 Å². The van der Waals surface area contributed by atoms with Crippen LogP contribution in [0.25, 0.3) is 10.8 Å². The fourth-order valence-corrected chi connectivity index (χ4v) is 3.16. The molecule has 5 nitrogen and oxygen atoms in total. The molecule has 2 N–H and O–H groups in total. The molecule has 0 fully saturated rings. The van der Waals surface area contributed by atoms with Gasteiger partial charge in [-0.1, -0.05) is 41.9 Å². The molecule has 3 aromatic carbocycles. The molecular weight excluding hydrogens is 352 g/mol. The molecule has 0 spiro atoms. The number of benzene rings is 3. The standard InChI is InChI=1S/C20H15ClN2O3/c21-14-8-5-13(6-9-14)19(24)22-23-20(25)18-11-16-15-4-2-1-3-12(15)7-10-17(16)26-18/h1-10,18H,11H2,(H,22,24)(H,23,25)/t18-/m1/s1. The molecule has 1 aliphatic heterocycles. The van der Waals surface area contributed by atoms with Crippen molar-refractivity contribution in [1.29, 1.82) is 0 Å². The van der Waals surface area contributed by atoms with E-state index in [-0.39, 0.29) is 0 Å². The SMILES string of the molecule is O=C(NNC(=O)[C@H]1Cc2c(ccc3ccccc23)O1)c1ccc(Cl)cc1. The number of hydrazine groups is 1. The van der Waals surface area contributed by atoms with Crippen molar-refractivity contribution in [3.05, 3.63) is 76.8 Å². The third-order valence-corrected chi connectivity index (χ3v) is 4.61. The van der Waals surface area contributed by atoms with Crippen molar-refractivity contribution >= 4 is 34.2 Å². The Labute approximate surface area is 154 Å². The number of carbonyl (C=O) groups excluding carboxylic acids is 2. The second-order valence-electron chi connectivity index (χ2n) is 6.02. The van der Waals surface area contributed by atoms with Crippen molar-refractivity contribution in [1.82, 2.24) is 10.9 Å². The molecule has 0 aliphatic carbocycles. The Morgan fingerprint density at radius 1 is 0.962 bits per heavy atom. The summed E-state index contributed by atoms with van der Waals surface area (Å²) >= 11 is 5.80. The van der Waals surface area contributed by atoms with Gasteiger partial charge in [0.2, 0.25) is 0 Å². The van der Waals surface area contributed by atoms with Crippen molar-refractivity contribution in [2.75, 3.05) is 0 Å². The maximum absolute atomic E-state index is 12.4. The number of hydrogen-bond donors (Lipinski definition) is 2. The summed E-state index contributed by atoms with van der Waals surface area (Å²) in [4.78, 5) is 24.4. The fourth-order valence-electron chi connectivity index (χ4n) is 3.04. The van der Waals surface area contributed by atoms with Gasteiger partial charge in [0.1, 0.15) is 5.75 Å². The van der Waals surface area contributed by atoms with Crippen molar-refractivity contribution in [2.24, 2.45) is 0 Å². The van der Waals surface area contributed by atoms with Crippen LogP contribution in [0, 0.1) is 0 Å². The van der Waals surface area contributed by atoms with Gasteiger partial charge in [0.15, 0.2) is 6.10 Å². The summed E-state index contributed by atoms with van der Waals surface area (Å²) in [7, 11) is 0. The first-order valence-corrected chi connectivity index (χ1v) is 8.52. The molecule has 0 radical (unpaired) electrons. The van der Waals surface area contributed by atoms with Crippen LogP contribution in [0.1, 0.15) is 15.9 Å². The van der Waals surface area contributed by atoms with Crippen LogP contribution in [0.3, 0.4) is 0 Å². The first kappa shape index (κ1) is 16.4. The molecule has 0 unspecified atom stereocenters. The molecule has 0 saturated heterocycles. The molecule has 0 saturated carbocycles. The van der Waals surface area contributed by atoms with Gasteiger partial charge in [-0.3, -0.25) is 20.4 Å². The summed E-state index contributed by atoms with van der Waals surface area (Å²) in [5, 5.41) is 2.72. The van der Waals surface area contributed by atoms with E-state index in [2.05, 4.69) is 10.9 Å². The van der Waals surface area contributed by atoms with Crippen LogP contribution in [0.5, 0.6) is 5.75 Å². The van der Waals surface area contributed by atoms with Crippen molar-refractivity contribution in [3.63, 3.8) is 0 Å². The lowest BCUT2D eigenvalue weighted by Gasteiger charge is -2.12. The van der Waals surface area contributed by atoms with Crippen LogP contribution < -0.4 is 15.6 Å². The predicted octanol–water partition coefficient (Wildman–Crippen LogP) is 3.26. The van der Waals surface area contributed by atoms with E-state index in [1.807, 2.05) is 36.4 Å². The Balaban J connectivity index is 1.42. The van der Waals surface area contributed by atoms with E-state index in [1.165, 1.54) is 0 Å². The van der Waals surface area contributed by atoms with E-state index < -0.39 is 17.9 Å². The topological polar surface area (TPSA) is 67.4 Å². The van der Waals surface area contributed by atoms with Crippen LogP contribution >= 0.6 is 11.6 Å². The first-order chi connectivity index (χ1) is 12.6. The zero-order valence-electron chi connectivity index (χ0n) is 13.7. The van der Waals surface area contributed by atoms with Gasteiger partial charge in [0.05, 0.1) is 0 Å². The zero-order valence-corrected chi connectivity index (χ0v) is 14.4. The van der Waals surface area contributed by atoms with Crippen molar-refractivity contribution < 1.29 is 14.3 Å². The van der Waals surface area contributed by atoms with Crippen LogP contribution in [-0.4, -0.2) is 17.9 Å². The second kappa shape index (κ2) is 6.69. The quantitative estimate of drug-likeness (QED) is 0.684. The molecule has 26 heavy (non-hydrogen) atoms. The maximum Gasteiger partial charge on any atom is 0.279 e. The Morgan fingerprint density at radius 3 is 2.54 bits per heavy atom. The highest BCUT2D eigenvalue weighted by molar-refractivity contribution is 6.30. The highest BCUT2D eigenvalue weighted by Gasteiger charge is 2.30. The number of rotatable bonds is 2. The van der Waals surface area contributed by atoms with Gasteiger partial charge in [-0.2, -0.15) is 0 Å². The molecule has 2 amide bonds. The molecule has 4 rings (SSSR count). The Bertz CT molecular complexity index is 1000. The molecule has 1 atom stereocenters. The number of hydrogen-bond acceptors (Lipinski definition) is 3. The number of amides is 2. The zero-order chi connectivity index (χ0) is 18.1. The van der Waals surface area contributed by atoms with E-state index in [4.69, 9.17) is 16.3 Å². The summed E-state index contributed by atoms with van der Waals surface area (Å²) in [6.45, 7) is 0. The minimum Gasteiger partial charge on any atom is -0.480 e. The molecule has 6 heteroatoms. The van der Waals surface area contributed by atoms with Crippen LogP contribution in [0.15, 0.2) is 60.7 Å². The Hall–Kier alpha value is -3.05. The van der Waals surface area contributed by atoms with Gasteiger partial charge in [-0.25, -0.2) is 0 Å². The smallest absolute Gasteiger partial charge is 0.279 e. The van der Waals surface area contributed by atoms with E-state index in [0.29, 0.717) is 22.8 Å². The van der Waals surface area contributed by atoms with Crippen molar-refractivity contribution in [3.8, 4) is 5.75 Å². The lowest BCUT2D eigenvalue weighted by Crippen LogP contribution is -2.47. The highest BCUT2D eigenvalue weighted by atomic mass is 35.5. The molecule has 1 heterocycles. The van der Waals surface area contributed by atoms with Crippen LogP contribution in [-0.2, 0) is 11.2 Å². The van der Waals surface area contributed by atoms with Gasteiger partial charge in [-0.15, -0.1) is 0 Å². The number of halogens is 1. The Morgan fingerprint density at radius 2 is 1.73 bits per heavy atom. The van der Waals surface area contributed by atoms with Crippen LogP contribution in [0.4, 0.5) is 0 Å². The maximum atomic E-state index is 12.4. The van der Waals surface area contributed by atoms with Gasteiger partial charge in [0.25, 0.3) is 11.8 Å². The number of carbonyl (C=O) groups is 2. The summed E-state index contributed by atoms with van der Waals surface area (Å²) in [6, 6.07) is 18.2. The van der Waals surface area contributed by atoms with E-state index in [1.54, 1.807) is 24.3 Å². The average Bonchev–Trinajstić information content (AvgIpc) is 3.11. The molecule has 1 aliphatic rings. The Kier molecular flexibility index (Phi) is 4.22. The predicted molar refractivity (Wildman–Crippen MR) is 99.1 cm³/mol. The molecule has 3 aromatic rings. The highest BCUT2D eigenvalue weighted by Crippen LogP contribution is 2.34. The second-order valence-corrected chi connectivity index (χ2v) is 6.46. The largest absolute Gasteiger partial charge is 0.480 e. The monoisotopic (exact) mass is 366 g/mol. The normalized spacial score (nSPS) is 15.2. The van der Waals surface area contributed by atoms with E-state index in [0.717, 1.165) is 16.3 Å². The molecule has 0 aromatic heterocycles. The summed E-state index contributed by atoms with van der Waals surface area (Å²) in [5.74, 6) is -0.114.